The minimum absolute atomic E-state index is 0. The summed E-state index contributed by atoms with van der Waals surface area (Å²) in [6.07, 6.45) is 2.28. The van der Waals surface area contributed by atoms with Gasteiger partial charge < -0.3 is 6.92 Å². The Labute approximate surface area is 76.5 Å². The van der Waals surface area contributed by atoms with Gasteiger partial charge >= 0.3 is 18.9 Å². The van der Waals surface area contributed by atoms with Gasteiger partial charge in [0.2, 0.25) is 0 Å². The second-order valence-electron chi connectivity index (χ2n) is 1.87. The van der Waals surface area contributed by atoms with E-state index < -0.39 is 0 Å². The van der Waals surface area contributed by atoms with Gasteiger partial charge in [-0.15, -0.1) is 11.6 Å². The predicted octanol–water partition coefficient (Wildman–Crippen LogP) is 0.258. The molecule has 0 N–H and O–H groups in total. The minimum Gasteiger partial charge on any atom is -0.343 e. The Hall–Kier alpha value is 0.887. The molecule has 0 aliphatic carbocycles. The molecular weight excluding hydrogens is 126 g/mol. The molecule has 9 heavy (non-hydrogen) atoms. The maximum atomic E-state index is 5.27. The molecule has 0 nitrogen and oxygen atoms in total. The SMILES string of the molecule is CC(C)Cl.[CH2-]CCC.[Li+]. The van der Waals surface area contributed by atoms with Gasteiger partial charge in [0, 0.05) is 5.38 Å². The van der Waals surface area contributed by atoms with Crippen LogP contribution in [0.5, 0.6) is 0 Å². The average Bonchev–Trinajstić information content (AvgIpc) is 1.65. The van der Waals surface area contributed by atoms with Crippen molar-refractivity contribution in [3.05, 3.63) is 6.92 Å². The van der Waals surface area contributed by atoms with Crippen molar-refractivity contribution in [3.8, 4) is 0 Å². The van der Waals surface area contributed by atoms with Gasteiger partial charge in [-0.25, -0.2) is 0 Å². The van der Waals surface area contributed by atoms with Gasteiger partial charge in [0.15, 0.2) is 0 Å². The van der Waals surface area contributed by atoms with E-state index >= 15 is 0 Å². The van der Waals surface area contributed by atoms with Crippen molar-refractivity contribution in [2.75, 3.05) is 0 Å². The van der Waals surface area contributed by atoms with Crippen LogP contribution in [0.2, 0.25) is 0 Å². The van der Waals surface area contributed by atoms with E-state index in [1.54, 1.807) is 0 Å². The summed E-state index contributed by atoms with van der Waals surface area (Å²) in [5.74, 6) is 0. The van der Waals surface area contributed by atoms with Gasteiger partial charge in [-0.05, 0) is 13.8 Å². The summed E-state index contributed by atoms with van der Waals surface area (Å²) < 4.78 is 0. The summed E-state index contributed by atoms with van der Waals surface area (Å²) >= 11 is 5.27. The molecule has 0 rings (SSSR count). The van der Waals surface area contributed by atoms with E-state index in [4.69, 9.17) is 11.6 Å². The molecule has 0 atom stereocenters. The molecule has 0 aromatic carbocycles. The fourth-order valence-corrected chi connectivity index (χ4v) is 0. The van der Waals surface area contributed by atoms with Crippen molar-refractivity contribution in [1.82, 2.24) is 0 Å². The van der Waals surface area contributed by atoms with Crippen molar-refractivity contribution in [1.29, 1.82) is 0 Å². The van der Waals surface area contributed by atoms with E-state index in [0.717, 1.165) is 6.42 Å². The molecule has 0 saturated heterocycles. The van der Waals surface area contributed by atoms with E-state index in [0.29, 0.717) is 5.38 Å². The monoisotopic (exact) mass is 142 g/mol. The van der Waals surface area contributed by atoms with Crippen LogP contribution in [-0.4, -0.2) is 5.38 Å². The van der Waals surface area contributed by atoms with Crippen LogP contribution in [0.25, 0.3) is 0 Å². The summed E-state index contributed by atoms with van der Waals surface area (Å²) in [6.45, 7) is 9.59. The summed E-state index contributed by atoms with van der Waals surface area (Å²) in [4.78, 5) is 0. The number of hydrogen-bond donors (Lipinski definition) is 0. The Balaban J connectivity index is -0.0000000720. The van der Waals surface area contributed by atoms with Crippen LogP contribution in [-0.2, 0) is 0 Å². The Kier molecular flexibility index (Phi) is 29.2. The molecule has 0 saturated carbocycles. The zero-order chi connectivity index (χ0) is 6.99. The van der Waals surface area contributed by atoms with Crippen molar-refractivity contribution in [3.63, 3.8) is 0 Å². The maximum Gasteiger partial charge on any atom is 1.00 e. The Morgan fingerprint density at radius 3 is 1.56 bits per heavy atom. The van der Waals surface area contributed by atoms with Crippen LogP contribution in [0.4, 0.5) is 0 Å². The van der Waals surface area contributed by atoms with Crippen molar-refractivity contribution in [2.45, 2.75) is 39.0 Å². The van der Waals surface area contributed by atoms with Crippen LogP contribution >= 0.6 is 11.6 Å². The molecule has 0 aromatic heterocycles. The van der Waals surface area contributed by atoms with E-state index in [-0.39, 0.29) is 18.9 Å². The van der Waals surface area contributed by atoms with Crippen LogP contribution in [0, 0.1) is 6.92 Å². The first-order valence-corrected chi connectivity index (χ1v) is 3.52. The van der Waals surface area contributed by atoms with Gasteiger partial charge in [-0.3, -0.25) is 0 Å². The first-order valence-electron chi connectivity index (χ1n) is 3.08. The molecule has 2 heteroatoms. The first kappa shape index (κ1) is 16.5. The van der Waals surface area contributed by atoms with E-state index in [1.165, 1.54) is 6.42 Å². The Bertz CT molecular complexity index is 25.3. The van der Waals surface area contributed by atoms with Crippen LogP contribution in [0.3, 0.4) is 0 Å². The molecule has 0 unspecified atom stereocenters. The molecule has 0 amide bonds. The Morgan fingerprint density at radius 1 is 1.44 bits per heavy atom. The molecule has 0 bridgehead atoms. The third-order valence-electron chi connectivity index (χ3n) is 0.354. The van der Waals surface area contributed by atoms with Crippen molar-refractivity contribution in [2.24, 2.45) is 0 Å². The largest absolute Gasteiger partial charge is 1.00 e. The van der Waals surface area contributed by atoms with Crippen LogP contribution in [0.15, 0.2) is 0 Å². The minimum atomic E-state index is 0. The summed E-state index contributed by atoms with van der Waals surface area (Å²) in [7, 11) is 0. The van der Waals surface area contributed by atoms with Gasteiger partial charge in [0.05, 0.1) is 0 Å². The van der Waals surface area contributed by atoms with Gasteiger partial charge in [0.25, 0.3) is 0 Å². The quantitative estimate of drug-likeness (QED) is 0.280. The first-order chi connectivity index (χ1) is 3.65. The average molecular weight is 143 g/mol. The fraction of sp³-hybridized carbons (Fsp3) is 0.857. The van der Waals surface area contributed by atoms with Crippen LogP contribution < -0.4 is 18.9 Å². The summed E-state index contributed by atoms with van der Waals surface area (Å²) in [6, 6.07) is 0. The molecule has 0 radical (unpaired) electrons. The maximum absolute atomic E-state index is 5.27. The van der Waals surface area contributed by atoms with E-state index in [1.807, 2.05) is 13.8 Å². The van der Waals surface area contributed by atoms with E-state index in [2.05, 4.69) is 13.8 Å². The molecule has 0 aromatic rings. The second kappa shape index (κ2) is 16.0. The second-order valence-corrected chi connectivity index (χ2v) is 2.74. The molecule has 0 heterocycles. The molecule has 52 valence electrons. The zero-order valence-electron chi connectivity index (χ0n) is 7.08. The van der Waals surface area contributed by atoms with Gasteiger partial charge in [-0.1, -0.05) is 13.3 Å². The topological polar surface area (TPSA) is 0 Å². The van der Waals surface area contributed by atoms with Gasteiger partial charge in [0.1, 0.15) is 0 Å². The number of unbranched alkanes of at least 4 members (excludes halogenated alkanes) is 1. The predicted molar refractivity (Wildman–Crippen MR) is 41.3 cm³/mol. The third-order valence-corrected chi connectivity index (χ3v) is 0.354. The molecule has 0 spiro atoms. The zero-order valence-corrected chi connectivity index (χ0v) is 7.83. The normalized spacial score (nSPS) is 7.33. The number of alkyl halides is 1. The van der Waals surface area contributed by atoms with Crippen molar-refractivity contribution >= 4 is 11.6 Å². The van der Waals surface area contributed by atoms with Crippen molar-refractivity contribution < 1.29 is 18.9 Å². The Morgan fingerprint density at radius 2 is 1.56 bits per heavy atom. The number of hydrogen-bond acceptors (Lipinski definition) is 0. The smallest absolute Gasteiger partial charge is 0.343 e. The van der Waals surface area contributed by atoms with Gasteiger partial charge in [-0.2, -0.15) is 6.42 Å². The number of halogens is 1. The molecule has 0 fully saturated rings. The summed E-state index contributed by atoms with van der Waals surface area (Å²) in [5.41, 5.74) is 0. The van der Waals surface area contributed by atoms with Crippen LogP contribution in [0.1, 0.15) is 33.6 Å². The summed E-state index contributed by atoms with van der Waals surface area (Å²) in [5, 5.41) is 0.306. The molecule has 0 aliphatic rings. The standard InChI is InChI=1S/C4H9.C3H7Cl.Li/c1-3-4-2;1-3(2)4;/h1,3-4H2,2H3;3H,1-2H3;/q-1;;+1. The molecule has 0 aliphatic heterocycles. The third kappa shape index (κ3) is 118. The fourth-order valence-electron chi connectivity index (χ4n) is 0. The number of rotatable bonds is 1. The molecular formula is C7H16ClLi. The van der Waals surface area contributed by atoms with E-state index in [9.17, 15) is 0 Å².